The quantitative estimate of drug-likeness (QED) is 0.639. The van der Waals surface area contributed by atoms with Gasteiger partial charge in [-0.2, -0.15) is 0 Å². The molecular formula is C12H17N3O4. The van der Waals surface area contributed by atoms with Crippen LogP contribution in [-0.4, -0.2) is 32.5 Å². The third-order valence-electron chi connectivity index (χ3n) is 3.52. The van der Waals surface area contributed by atoms with Gasteiger partial charge in [0.2, 0.25) is 0 Å². The summed E-state index contributed by atoms with van der Waals surface area (Å²) in [4.78, 5) is 38.7. The van der Waals surface area contributed by atoms with Crippen LogP contribution in [0.1, 0.15) is 49.0 Å². The second-order valence-corrected chi connectivity index (χ2v) is 5.02. The average molecular weight is 267 g/mol. The first-order chi connectivity index (χ1) is 9.01. The van der Waals surface area contributed by atoms with E-state index in [4.69, 9.17) is 5.11 Å². The molecule has 104 valence electrons. The van der Waals surface area contributed by atoms with E-state index >= 15 is 0 Å². The monoisotopic (exact) mass is 267 g/mol. The molecule has 1 aliphatic rings. The van der Waals surface area contributed by atoms with Crippen molar-refractivity contribution in [1.29, 1.82) is 0 Å². The maximum atomic E-state index is 12.0. The van der Waals surface area contributed by atoms with Crippen LogP contribution in [0.15, 0.2) is 11.0 Å². The molecule has 0 aromatic carbocycles. The van der Waals surface area contributed by atoms with Gasteiger partial charge in [-0.3, -0.25) is 9.59 Å². The van der Waals surface area contributed by atoms with E-state index in [9.17, 15) is 14.4 Å². The van der Waals surface area contributed by atoms with Gasteiger partial charge in [0.05, 0.1) is 12.0 Å². The SMILES string of the molecule is O=C(O)CC1(NC(=O)c2c[nH]c(=O)[nH]2)CCCCC1. The highest BCUT2D eigenvalue weighted by Gasteiger charge is 2.36. The number of aliphatic carboxylic acids is 1. The fourth-order valence-electron chi connectivity index (χ4n) is 2.63. The van der Waals surface area contributed by atoms with Gasteiger partial charge in [0.25, 0.3) is 5.91 Å². The Hall–Kier alpha value is -2.05. The zero-order valence-corrected chi connectivity index (χ0v) is 10.5. The van der Waals surface area contributed by atoms with Gasteiger partial charge in [0, 0.05) is 6.20 Å². The number of carboxylic acids is 1. The Labute approximate surface area is 109 Å². The van der Waals surface area contributed by atoms with Crippen molar-refractivity contribution < 1.29 is 14.7 Å². The number of carbonyl (C=O) groups excluding carboxylic acids is 1. The predicted molar refractivity (Wildman–Crippen MR) is 66.9 cm³/mol. The standard InChI is InChI=1S/C12H17N3O4/c16-9(17)6-12(4-2-1-3-5-12)15-10(18)8-7-13-11(19)14-8/h7H,1-6H2,(H,15,18)(H,16,17)(H2,13,14,19). The third kappa shape index (κ3) is 3.24. The Kier molecular flexibility index (Phi) is 3.73. The first-order valence-electron chi connectivity index (χ1n) is 6.33. The van der Waals surface area contributed by atoms with Crippen LogP contribution in [-0.2, 0) is 4.79 Å². The molecule has 0 bridgehead atoms. The van der Waals surface area contributed by atoms with Crippen molar-refractivity contribution in [2.75, 3.05) is 0 Å². The van der Waals surface area contributed by atoms with Crippen LogP contribution in [0.4, 0.5) is 0 Å². The van der Waals surface area contributed by atoms with Crippen molar-refractivity contribution in [3.8, 4) is 0 Å². The number of aromatic nitrogens is 2. The van der Waals surface area contributed by atoms with Crippen molar-refractivity contribution in [2.45, 2.75) is 44.1 Å². The Morgan fingerprint density at radius 2 is 2.00 bits per heavy atom. The number of aromatic amines is 2. The lowest BCUT2D eigenvalue weighted by Crippen LogP contribution is -2.51. The van der Waals surface area contributed by atoms with E-state index < -0.39 is 23.1 Å². The summed E-state index contributed by atoms with van der Waals surface area (Å²) in [6, 6.07) is 0. The Morgan fingerprint density at radius 3 is 2.53 bits per heavy atom. The molecule has 0 aliphatic heterocycles. The average Bonchev–Trinajstić information content (AvgIpc) is 2.76. The maximum absolute atomic E-state index is 12.0. The third-order valence-corrected chi connectivity index (χ3v) is 3.52. The molecule has 1 saturated carbocycles. The fraction of sp³-hybridized carbons (Fsp3) is 0.583. The number of carboxylic acid groups (broad SMARTS) is 1. The van der Waals surface area contributed by atoms with Gasteiger partial charge >= 0.3 is 11.7 Å². The number of amides is 1. The number of hydrogen-bond donors (Lipinski definition) is 4. The molecule has 1 aromatic heterocycles. The van der Waals surface area contributed by atoms with E-state index in [2.05, 4.69) is 15.3 Å². The minimum atomic E-state index is -0.926. The van der Waals surface area contributed by atoms with Crippen molar-refractivity contribution in [3.05, 3.63) is 22.4 Å². The number of imidazole rings is 1. The summed E-state index contributed by atoms with van der Waals surface area (Å²) in [7, 11) is 0. The molecule has 0 saturated heterocycles. The normalized spacial score (nSPS) is 17.9. The van der Waals surface area contributed by atoms with Gasteiger partial charge < -0.3 is 20.4 Å². The van der Waals surface area contributed by atoms with E-state index in [1.54, 1.807) is 0 Å². The molecule has 1 heterocycles. The van der Waals surface area contributed by atoms with Crippen molar-refractivity contribution >= 4 is 11.9 Å². The molecule has 1 aliphatic carbocycles. The second-order valence-electron chi connectivity index (χ2n) is 5.02. The maximum Gasteiger partial charge on any atom is 0.323 e. The Bertz CT molecular complexity index is 525. The smallest absolute Gasteiger partial charge is 0.323 e. The molecular weight excluding hydrogens is 250 g/mol. The molecule has 2 rings (SSSR count). The minimum Gasteiger partial charge on any atom is -0.481 e. The molecule has 0 spiro atoms. The zero-order chi connectivity index (χ0) is 13.9. The van der Waals surface area contributed by atoms with Crippen LogP contribution in [0, 0.1) is 0 Å². The number of rotatable bonds is 4. The number of nitrogens with one attached hydrogen (secondary N) is 3. The molecule has 1 fully saturated rings. The van der Waals surface area contributed by atoms with Crippen molar-refractivity contribution in [2.24, 2.45) is 0 Å². The van der Waals surface area contributed by atoms with E-state index in [0.29, 0.717) is 12.8 Å². The summed E-state index contributed by atoms with van der Waals surface area (Å²) >= 11 is 0. The lowest BCUT2D eigenvalue weighted by Gasteiger charge is -2.36. The minimum absolute atomic E-state index is 0.0899. The highest BCUT2D eigenvalue weighted by atomic mass is 16.4. The summed E-state index contributed by atoms with van der Waals surface area (Å²) < 4.78 is 0. The molecule has 7 nitrogen and oxygen atoms in total. The lowest BCUT2D eigenvalue weighted by molar-refractivity contribution is -0.139. The van der Waals surface area contributed by atoms with E-state index in [-0.39, 0.29) is 12.1 Å². The summed E-state index contributed by atoms with van der Waals surface area (Å²) in [6.07, 6.45) is 5.36. The van der Waals surface area contributed by atoms with Crippen LogP contribution < -0.4 is 11.0 Å². The lowest BCUT2D eigenvalue weighted by atomic mass is 9.79. The summed E-state index contributed by atoms with van der Waals surface area (Å²) in [5.74, 6) is -1.37. The number of hydrogen-bond acceptors (Lipinski definition) is 3. The van der Waals surface area contributed by atoms with Crippen molar-refractivity contribution in [3.63, 3.8) is 0 Å². The molecule has 0 unspecified atom stereocenters. The summed E-state index contributed by atoms with van der Waals surface area (Å²) in [6.45, 7) is 0. The molecule has 4 N–H and O–H groups in total. The fourth-order valence-corrected chi connectivity index (χ4v) is 2.63. The van der Waals surface area contributed by atoms with Gasteiger partial charge in [0.15, 0.2) is 0 Å². The number of carbonyl (C=O) groups is 2. The summed E-state index contributed by atoms with van der Waals surface area (Å²) in [5, 5.41) is 11.8. The van der Waals surface area contributed by atoms with Crippen molar-refractivity contribution in [1.82, 2.24) is 15.3 Å². The van der Waals surface area contributed by atoms with Gasteiger partial charge in [0.1, 0.15) is 5.69 Å². The van der Waals surface area contributed by atoms with E-state index in [0.717, 1.165) is 19.3 Å². The first kappa shape index (κ1) is 13.4. The molecule has 19 heavy (non-hydrogen) atoms. The topological polar surface area (TPSA) is 115 Å². The van der Waals surface area contributed by atoms with E-state index in [1.165, 1.54) is 6.20 Å². The van der Waals surface area contributed by atoms with E-state index in [1.807, 2.05) is 0 Å². The highest BCUT2D eigenvalue weighted by Crippen LogP contribution is 2.31. The summed E-state index contributed by atoms with van der Waals surface area (Å²) in [5.41, 5.74) is -1.03. The van der Waals surface area contributed by atoms with Crippen LogP contribution in [0.2, 0.25) is 0 Å². The van der Waals surface area contributed by atoms with Crippen LogP contribution in [0.3, 0.4) is 0 Å². The predicted octanol–water partition coefficient (Wildman–Crippen LogP) is 0.610. The molecule has 1 amide bonds. The van der Waals surface area contributed by atoms with Gasteiger partial charge in [-0.25, -0.2) is 4.79 Å². The molecule has 7 heteroatoms. The zero-order valence-electron chi connectivity index (χ0n) is 10.5. The van der Waals surface area contributed by atoms with Crippen LogP contribution in [0.25, 0.3) is 0 Å². The Morgan fingerprint density at radius 1 is 1.32 bits per heavy atom. The Balaban J connectivity index is 2.13. The number of H-pyrrole nitrogens is 2. The first-order valence-corrected chi connectivity index (χ1v) is 6.33. The second kappa shape index (κ2) is 5.29. The highest BCUT2D eigenvalue weighted by molar-refractivity contribution is 5.92. The van der Waals surface area contributed by atoms with Crippen LogP contribution >= 0.6 is 0 Å². The molecule has 0 radical (unpaired) electrons. The van der Waals surface area contributed by atoms with Crippen LogP contribution in [0.5, 0.6) is 0 Å². The molecule has 0 atom stereocenters. The largest absolute Gasteiger partial charge is 0.481 e. The van der Waals surface area contributed by atoms with Gasteiger partial charge in [-0.15, -0.1) is 0 Å². The van der Waals surface area contributed by atoms with Gasteiger partial charge in [-0.05, 0) is 12.8 Å². The molecule has 1 aromatic rings. The van der Waals surface area contributed by atoms with Gasteiger partial charge in [-0.1, -0.05) is 19.3 Å².